The van der Waals surface area contributed by atoms with Gasteiger partial charge < -0.3 is 10.2 Å². The van der Waals surface area contributed by atoms with Crippen LogP contribution in [0.25, 0.3) is 0 Å². The number of nitrogens with one attached hydrogen (secondary N) is 1. The van der Waals surface area contributed by atoms with E-state index in [4.69, 9.17) is 0 Å². The van der Waals surface area contributed by atoms with Gasteiger partial charge in [0.1, 0.15) is 5.82 Å². The fourth-order valence-corrected chi connectivity index (χ4v) is 3.10. The predicted molar refractivity (Wildman–Crippen MR) is 112 cm³/mol. The maximum Gasteiger partial charge on any atom is 0.258 e. The third-order valence-corrected chi connectivity index (χ3v) is 4.46. The minimum Gasteiger partial charge on any atom is -0.356 e. The van der Waals surface area contributed by atoms with Crippen LogP contribution in [0, 0.1) is 5.82 Å². The summed E-state index contributed by atoms with van der Waals surface area (Å²) in [6.07, 6.45) is 0.231. The lowest BCUT2D eigenvalue weighted by atomic mass is 10.1. The molecule has 3 aromatic carbocycles. The van der Waals surface area contributed by atoms with Gasteiger partial charge in [0.2, 0.25) is 5.91 Å². The molecule has 0 atom stereocenters. The van der Waals surface area contributed by atoms with E-state index >= 15 is 0 Å². The van der Waals surface area contributed by atoms with Gasteiger partial charge in [-0.05, 0) is 48.4 Å². The number of halogens is 1. The Balaban J connectivity index is 1.94. The topological polar surface area (TPSA) is 49.4 Å². The summed E-state index contributed by atoms with van der Waals surface area (Å²) in [6, 6.07) is 22.6. The third-order valence-electron chi connectivity index (χ3n) is 4.46. The molecule has 1 N–H and O–H groups in total. The van der Waals surface area contributed by atoms with Crippen LogP contribution in [0.1, 0.15) is 28.4 Å². The average Bonchev–Trinajstić information content (AvgIpc) is 2.72. The number of benzene rings is 3. The van der Waals surface area contributed by atoms with Gasteiger partial charge in [0.05, 0.1) is 13.0 Å². The first kappa shape index (κ1) is 20.3. The zero-order valence-electron chi connectivity index (χ0n) is 16.3. The SMILES string of the molecule is CCNC(=O)Cc1cccc(N(Cc2ccccc2)C(=O)c2cccc(F)c2)c1. The van der Waals surface area contributed by atoms with Gasteiger partial charge >= 0.3 is 0 Å². The molecule has 3 rings (SSSR count). The number of anilines is 1. The first-order chi connectivity index (χ1) is 14.1. The molecular weight excluding hydrogens is 367 g/mol. The van der Waals surface area contributed by atoms with E-state index in [9.17, 15) is 14.0 Å². The van der Waals surface area contributed by atoms with E-state index in [-0.39, 0.29) is 23.8 Å². The van der Waals surface area contributed by atoms with Crippen LogP contribution < -0.4 is 10.2 Å². The molecule has 4 nitrogen and oxygen atoms in total. The summed E-state index contributed by atoms with van der Waals surface area (Å²) in [5, 5.41) is 2.78. The van der Waals surface area contributed by atoms with E-state index in [1.807, 2.05) is 61.5 Å². The predicted octanol–water partition coefficient (Wildman–Crippen LogP) is 4.35. The van der Waals surface area contributed by atoms with Crippen molar-refractivity contribution < 1.29 is 14.0 Å². The highest BCUT2D eigenvalue weighted by Gasteiger charge is 2.19. The normalized spacial score (nSPS) is 10.4. The van der Waals surface area contributed by atoms with Gasteiger partial charge in [0, 0.05) is 17.8 Å². The highest BCUT2D eigenvalue weighted by molar-refractivity contribution is 6.06. The van der Waals surface area contributed by atoms with Crippen LogP contribution in [0.3, 0.4) is 0 Å². The second-order valence-electron chi connectivity index (χ2n) is 6.69. The highest BCUT2D eigenvalue weighted by atomic mass is 19.1. The fourth-order valence-electron chi connectivity index (χ4n) is 3.10. The largest absolute Gasteiger partial charge is 0.356 e. The molecule has 0 aliphatic heterocycles. The molecule has 0 saturated heterocycles. The smallest absolute Gasteiger partial charge is 0.258 e. The van der Waals surface area contributed by atoms with E-state index in [2.05, 4.69) is 5.32 Å². The summed E-state index contributed by atoms with van der Waals surface area (Å²) < 4.78 is 13.7. The number of carbonyl (C=O) groups excluding carboxylic acids is 2. The Hall–Kier alpha value is -3.47. The van der Waals surface area contributed by atoms with E-state index in [1.165, 1.54) is 18.2 Å². The maximum absolute atomic E-state index is 13.7. The quantitative estimate of drug-likeness (QED) is 0.652. The molecule has 0 fully saturated rings. The van der Waals surface area contributed by atoms with Gasteiger partial charge in [-0.2, -0.15) is 0 Å². The van der Waals surface area contributed by atoms with Crippen LogP contribution in [-0.4, -0.2) is 18.4 Å². The van der Waals surface area contributed by atoms with Crippen LogP contribution in [0.4, 0.5) is 10.1 Å². The van der Waals surface area contributed by atoms with Crippen molar-refractivity contribution >= 4 is 17.5 Å². The molecule has 0 aromatic heterocycles. The molecule has 0 unspecified atom stereocenters. The van der Waals surface area contributed by atoms with Gasteiger partial charge in [0.25, 0.3) is 5.91 Å². The minimum absolute atomic E-state index is 0.0734. The van der Waals surface area contributed by atoms with Crippen molar-refractivity contribution in [1.29, 1.82) is 0 Å². The molecule has 3 aromatic rings. The first-order valence-corrected chi connectivity index (χ1v) is 9.54. The van der Waals surface area contributed by atoms with Gasteiger partial charge in [-0.1, -0.05) is 48.5 Å². The van der Waals surface area contributed by atoms with Crippen LogP contribution >= 0.6 is 0 Å². The van der Waals surface area contributed by atoms with Crippen LogP contribution in [0.15, 0.2) is 78.9 Å². The Bertz CT molecular complexity index is 989. The van der Waals surface area contributed by atoms with Gasteiger partial charge in [-0.25, -0.2) is 4.39 Å². The standard InChI is InChI=1S/C24H23FN2O2/c1-2-26-23(28)15-19-10-6-13-22(14-19)27(17-18-8-4-3-5-9-18)24(29)20-11-7-12-21(25)16-20/h3-14,16H,2,15,17H2,1H3,(H,26,28). The number of amides is 2. The van der Waals surface area contributed by atoms with E-state index in [0.29, 0.717) is 18.8 Å². The molecule has 148 valence electrons. The fraction of sp³-hybridized carbons (Fsp3) is 0.167. The lowest BCUT2D eigenvalue weighted by Crippen LogP contribution is -2.30. The Morgan fingerprint density at radius 3 is 2.34 bits per heavy atom. The van der Waals surface area contributed by atoms with Crippen molar-refractivity contribution in [3.63, 3.8) is 0 Å². The van der Waals surface area contributed by atoms with Crippen molar-refractivity contribution in [3.05, 3.63) is 101 Å². The number of carbonyl (C=O) groups is 2. The zero-order chi connectivity index (χ0) is 20.6. The Morgan fingerprint density at radius 1 is 0.897 bits per heavy atom. The zero-order valence-corrected chi connectivity index (χ0v) is 16.3. The first-order valence-electron chi connectivity index (χ1n) is 9.54. The Kier molecular flexibility index (Phi) is 6.74. The molecule has 0 bridgehead atoms. The van der Waals surface area contributed by atoms with Crippen molar-refractivity contribution in [2.45, 2.75) is 19.9 Å². The molecule has 0 heterocycles. The molecule has 0 radical (unpaired) electrons. The van der Waals surface area contributed by atoms with Gasteiger partial charge in [-0.3, -0.25) is 9.59 Å². The Morgan fingerprint density at radius 2 is 1.62 bits per heavy atom. The lowest BCUT2D eigenvalue weighted by molar-refractivity contribution is -0.120. The number of nitrogens with zero attached hydrogens (tertiary/aromatic N) is 1. The molecule has 29 heavy (non-hydrogen) atoms. The molecule has 5 heteroatoms. The summed E-state index contributed by atoms with van der Waals surface area (Å²) in [5.74, 6) is -0.834. The van der Waals surface area contributed by atoms with Crippen molar-refractivity contribution in [2.24, 2.45) is 0 Å². The maximum atomic E-state index is 13.7. The summed E-state index contributed by atoms with van der Waals surface area (Å²) >= 11 is 0. The summed E-state index contributed by atoms with van der Waals surface area (Å²) in [6.45, 7) is 2.77. The summed E-state index contributed by atoms with van der Waals surface area (Å²) in [4.78, 5) is 26.8. The second-order valence-corrected chi connectivity index (χ2v) is 6.69. The van der Waals surface area contributed by atoms with Gasteiger partial charge in [0.15, 0.2) is 0 Å². The summed E-state index contributed by atoms with van der Waals surface area (Å²) in [7, 11) is 0. The van der Waals surface area contributed by atoms with Crippen molar-refractivity contribution in [3.8, 4) is 0 Å². The number of hydrogen-bond acceptors (Lipinski definition) is 2. The van der Waals surface area contributed by atoms with E-state index in [1.54, 1.807) is 11.0 Å². The summed E-state index contributed by atoms with van der Waals surface area (Å²) in [5.41, 5.74) is 2.69. The average molecular weight is 390 g/mol. The molecule has 0 aliphatic carbocycles. The molecule has 0 saturated carbocycles. The lowest BCUT2D eigenvalue weighted by Gasteiger charge is -2.24. The van der Waals surface area contributed by atoms with Gasteiger partial charge in [-0.15, -0.1) is 0 Å². The van der Waals surface area contributed by atoms with Crippen molar-refractivity contribution in [1.82, 2.24) is 5.32 Å². The van der Waals surface area contributed by atoms with Crippen LogP contribution in [0.5, 0.6) is 0 Å². The molecule has 0 aliphatic rings. The number of hydrogen-bond donors (Lipinski definition) is 1. The molecule has 0 spiro atoms. The van der Waals surface area contributed by atoms with Crippen LogP contribution in [0.2, 0.25) is 0 Å². The van der Waals surface area contributed by atoms with E-state index < -0.39 is 5.82 Å². The Labute approximate surface area is 170 Å². The van der Waals surface area contributed by atoms with Crippen molar-refractivity contribution in [2.75, 3.05) is 11.4 Å². The van der Waals surface area contributed by atoms with E-state index in [0.717, 1.165) is 11.1 Å². The minimum atomic E-state index is -0.458. The number of rotatable bonds is 7. The monoisotopic (exact) mass is 390 g/mol. The highest BCUT2D eigenvalue weighted by Crippen LogP contribution is 2.22. The van der Waals surface area contributed by atoms with Crippen LogP contribution in [-0.2, 0) is 17.8 Å². The number of likely N-dealkylation sites (N-methyl/N-ethyl adjacent to an activating group) is 1. The third kappa shape index (κ3) is 5.51. The molecule has 2 amide bonds. The molecular formula is C24H23FN2O2. The second kappa shape index (κ2) is 9.64.